The van der Waals surface area contributed by atoms with E-state index in [0.29, 0.717) is 10.8 Å². The number of rotatable bonds is 2. The van der Waals surface area contributed by atoms with Crippen molar-refractivity contribution in [3.05, 3.63) is 25.3 Å². The Bertz CT molecular complexity index is 164. The molecule has 0 aromatic rings. The summed E-state index contributed by atoms with van der Waals surface area (Å²) in [7, 11) is 0. The third-order valence-electron chi connectivity index (χ3n) is 4.23. The summed E-state index contributed by atoms with van der Waals surface area (Å²) in [5.41, 5.74) is 1.04. The Morgan fingerprint density at radius 2 is 0.917 bits per heavy atom. The van der Waals surface area contributed by atoms with E-state index in [4.69, 9.17) is 0 Å². The molecule has 3 aliphatic carbocycles. The minimum atomic E-state index is 0.519. The van der Waals surface area contributed by atoms with E-state index in [-0.39, 0.29) is 0 Å². The average Bonchev–Trinajstić information content (AvgIpc) is 2.21. The second-order valence-electron chi connectivity index (χ2n) is 4.63. The summed E-state index contributed by atoms with van der Waals surface area (Å²) in [5, 5.41) is 0. The summed E-state index contributed by atoms with van der Waals surface area (Å²) in [4.78, 5) is 0. The molecule has 3 saturated carbocycles. The van der Waals surface area contributed by atoms with Crippen LogP contribution in [0.25, 0.3) is 0 Å². The zero-order valence-corrected chi connectivity index (χ0v) is 7.81. The Morgan fingerprint density at radius 3 is 1.08 bits per heavy atom. The van der Waals surface area contributed by atoms with Gasteiger partial charge in [0.05, 0.1) is 0 Å². The first-order valence-corrected chi connectivity index (χ1v) is 5.02. The molecule has 0 aromatic carbocycles. The van der Waals surface area contributed by atoms with E-state index in [1.807, 2.05) is 0 Å². The van der Waals surface area contributed by atoms with Gasteiger partial charge < -0.3 is 0 Å². The van der Waals surface area contributed by atoms with Crippen LogP contribution in [-0.2, 0) is 0 Å². The van der Waals surface area contributed by atoms with Crippen molar-refractivity contribution < 1.29 is 0 Å². The van der Waals surface area contributed by atoms with Crippen LogP contribution in [0.4, 0.5) is 0 Å². The minimum absolute atomic E-state index is 0.519. The minimum Gasteiger partial charge on any atom is -0.103 e. The van der Waals surface area contributed by atoms with Gasteiger partial charge in [-0.2, -0.15) is 0 Å². The summed E-state index contributed by atoms with van der Waals surface area (Å²) in [6, 6.07) is 0. The molecular formula is C12H18. The maximum absolute atomic E-state index is 3.97. The van der Waals surface area contributed by atoms with Crippen molar-refractivity contribution in [1.82, 2.24) is 0 Å². The highest BCUT2D eigenvalue weighted by atomic mass is 14.5. The first kappa shape index (κ1) is 8.10. The van der Waals surface area contributed by atoms with Crippen molar-refractivity contribution in [3.8, 4) is 0 Å². The molecule has 0 amide bonds. The average molecular weight is 162 g/mol. The van der Waals surface area contributed by atoms with Gasteiger partial charge in [0, 0.05) is 0 Å². The molecule has 0 unspecified atom stereocenters. The second-order valence-corrected chi connectivity index (χ2v) is 4.63. The Labute approximate surface area is 75.4 Å². The summed E-state index contributed by atoms with van der Waals surface area (Å²) in [6.07, 6.45) is 12.5. The van der Waals surface area contributed by atoms with Crippen LogP contribution < -0.4 is 0 Å². The molecular weight excluding hydrogens is 144 g/mol. The van der Waals surface area contributed by atoms with Crippen LogP contribution in [0.1, 0.15) is 38.5 Å². The monoisotopic (exact) mass is 162 g/mol. The lowest BCUT2D eigenvalue weighted by molar-refractivity contribution is 0.0582. The summed E-state index contributed by atoms with van der Waals surface area (Å²) in [5.74, 6) is 0. The molecule has 3 fully saturated rings. The van der Waals surface area contributed by atoms with E-state index in [1.54, 1.807) is 0 Å². The topological polar surface area (TPSA) is 0 Å². The number of hydrogen-bond donors (Lipinski definition) is 0. The molecule has 3 aliphatic rings. The van der Waals surface area contributed by atoms with Gasteiger partial charge in [-0.05, 0) is 49.4 Å². The lowest BCUT2D eigenvalue weighted by Gasteiger charge is -2.51. The third kappa shape index (κ3) is 0.972. The van der Waals surface area contributed by atoms with Gasteiger partial charge in [0.15, 0.2) is 0 Å². The Kier molecular flexibility index (Phi) is 1.67. The smallest absolute Gasteiger partial charge is 0.0120 e. The summed E-state index contributed by atoms with van der Waals surface area (Å²) >= 11 is 0. The fourth-order valence-corrected chi connectivity index (χ4v) is 2.86. The van der Waals surface area contributed by atoms with Gasteiger partial charge in [-0.25, -0.2) is 0 Å². The van der Waals surface area contributed by atoms with Crippen LogP contribution >= 0.6 is 0 Å². The van der Waals surface area contributed by atoms with Gasteiger partial charge in [0.2, 0.25) is 0 Å². The predicted molar refractivity (Wildman–Crippen MR) is 53.0 cm³/mol. The van der Waals surface area contributed by atoms with E-state index >= 15 is 0 Å². The molecule has 12 heavy (non-hydrogen) atoms. The number of allylic oxidation sites excluding steroid dienone is 2. The highest BCUT2D eigenvalue weighted by Crippen LogP contribution is 2.57. The highest BCUT2D eigenvalue weighted by molar-refractivity contribution is 5.11. The van der Waals surface area contributed by atoms with E-state index in [9.17, 15) is 0 Å². The standard InChI is InChI=1S/C12H18/c1-3-11-5-8-12(4-2,9-6-11)10-7-11/h3-4H,1-2,5-10H2. The van der Waals surface area contributed by atoms with Crippen LogP contribution in [0.2, 0.25) is 0 Å². The molecule has 0 aromatic heterocycles. The van der Waals surface area contributed by atoms with Gasteiger partial charge in [-0.3, -0.25) is 0 Å². The maximum atomic E-state index is 3.97. The zero-order chi connectivity index (χ0) is 8.66. The molecule has 0 saturated heterocycles. The molecule has 0 atom stereocenters. The van der Waals surface area contributed by atoms with Gasteiger partial charge in [-0.15, -0.1) is 13.2 Å². The van der Waals surface area contributed by atoms with Crippen molar-refractivity contribution in [3.63, 3.8) is 0 Å². The van der Waals surface area contributed by atoms with Crippen molar-refractivity contribution >= 4 is 0 Å². The van der Waals surface area contributed by atoms with E-state index in [0.717, 1.165) is 0 Å². The summed E-state index contributed by atoms with van der Waals surface area (Å²) in [6.45, 7) is 7.95. The molecule has 0 heteroatoms. The van der Waals surface area contributed by atoms with Gasteiger partial charge >= 0.3 is 0 Å². The van der Waals surface area contributed by atoms with Crippen LogP contribution in [0.15, 0.2) is 25.3 Å². The molecule has 0 spiro atoms. The fourth-order valence-electron chi connectivity index (χ4n) is 2.86. The quantitative estimate of drug-likeness (QED) is 0.543. The van der Waals surface area contributed by atoms with Crippen LogP contribution in [0.3, 0.4) is 0 Å². The van der Waals surface area contributed by atoms with Gasteiger partial charge in [-0.1, -0.05) is 12.2 Å². The predicted octanol–water partition coefficient (Wildman–Crippen LogP) is 3.70. The van der Waals surface area contributed by atoms with Gasteiger partial charge in [0.25, 0.3) is 0 Å². The van der Waals surface area contributed by atoms with Crippen LogP contribution in [-0.4, -0.2) is 0 Å². The van der Waals surface area contributed by atoms with Crippen molar-refractivity contribution in [1.29, 1.82) is 0 Å². The summed E-state index contributed by atoms with van der Waals surface area (Å²) < 4.78 is 0. The highest BCUT2D eigenvalue weighted by Gasteiger charge is 2.45. The SMILES string of the molecule is C=CC12CCC(C=C)(CC1)CC2. The molecule has 0 N–H and O–H groups in total. The van der Waals surface area contributed by atoms with Crippen molar-refractivity contribution in [2.75, 3.05) is 0 Å². The molecule has 0 aliphatic heterocycles. The van der Waals surface area contributed by atoms with Crippen LogP contribution in [0.5, 0.6) is 0 Å². The lowest BCUT2D eigenvalue weighted by atomic mass is 9.54. The lowest BCUT2D eigenvalue weighted by Crippen LogP contribution is -2.39. The molecule has 66 valence electrons. The van der Waals surface area contributed by atoms with Gasteiger partial charge in [0.1, 0.15) is 0 Å². The molecule has 3 rings (SSSR count). The number of fused-ring (bicyclic) bond motifs is 3. The Morgan fingerprint density at radius 1 is 0.667 bits per heavy atom. The molecule has 0 radical (unpaired) electrons. The van der Waals surface area contributed by atoms with E-state index in [2.05, 4.69) is 25.3 Å². The fraction of sp³-hybridized carbons (Fsp3) is 0.667. The van der Waals surface area contributed by atoms with E-state index in [1.165, 1.54) is 38.5 Å². The maximum Gasteiger partial charge on any atom is -0.0120 e. The molecule has 0 nitrogen and oxygen atoms in total. The Hall–Kier alpha value is -0.520. The Balaban J connectivity index is 2.19. The molecule has 0 heterocycles. The van der Waals surface area contributed by atoms with E-state index < -0.39 is 0 Å². The van der Waals surface area contributed by atoms with Crippen molar-refractivity contribution in [2.45, 2.75) is 38.5 Å². The zero-order valence-electron chi connectivity index (χ0n) is 7.81. The first-order chi connectivity index (χ1) is 5.74. The van der Waals surface area contributed by atoms with Crippen LogP contribution in [0, 0.1) is 10.8 Å². The first-order valence-electron chi connectivity index (χ1n) is 5.02. The van der Waals surface area contributed by atoms with Crippen molar-refractivity contribution in [2.24, 2.45) is 10.8 Å². The largest absolute Gasteiger partial charge is 0.103 e. The molecule has 2 bridgehead atoms. The second kappa shape index (κ2) is 2.48. The normalized spacial score (nSPS) is 45.7. The number of hydrogen-bond acceptors (Lipinski definition) is 0. The third-order valence-corrected chi connectivity index (χ3v) is 4.23.